The van der Waals surface area contributed by atoms with E-state index >= 15 is 0 Å². The lowest BCUT2D eigenvalue weighted by Gasteiger charge is -2.32. The number of amides is 1. The lowest BCUT2D eigenvalue weighted by molar-refractivity contribution is -0.145. The van der Waals surface area contributed by atoms with Gasteiger partial charge in [0.1, 0.15) is 0 Å². The molecule has 0 spiro atoms. The van der Waals surface area contributed by atoms with Crippen molar-refractivity contribution < 1.29 is 14.7 Å². The molecule has 1 aliphatic heterocycles. The van der Waals surface area contributed by atoms with Gasteiger partial charge >= 0.3 is 5.97 Å². The molecular weight excluding hydrogens is 220 g/mol. The molecule has 1 amide bonds. The fraction of sp³-hybridized carbons (Fsp3) is 0.833. The van der Waals surface area contributed by atoms with E-state index in [1.54, 1.807) is 11.9 Å². The molecule has 1 fully saturated rings. The maximum Gasteiger partial charge on any atom is 0.307 e. The summed E-state index contributed by atoms with van der Waals surface area (Å²) < 4.78 is 0. The molecule has 0 bridgehead atoms. The van der Waals surface area contributed by atoms with E-state index in [0.717, 1.165) is 19.4 Å². The number of aliphatic carboxylic acids is 1. The van der Waals surface area contributed by atoms with Crippen molar-refractivity contribution in [3.63, 3.8) is 0 Å². The van der Waals surface area contributed by atoms with Gasteiger partial charge in [-0.25, -0.2) is 0 Å². The minimum Gasteiger partial charge on any atom is -0.481 e. The van der Waals surface area contributed by atoms with E-state index in [4.69, 9.17) is 5.11 Å². The zero-order chi connectivity index (χ0) is 13.0. The molecule has 5 nitrogen and oxygen atoms in total. The first-order chi connectivity index (χ1) is 7.91. The maximum absolute atomic E-state index is 11.9. The Hall–Kier alpha value is -1.10. The largest absolute Gasteiger partial charge is 0.481 e. The standard InChI is InChI=1S/C12H22N2O3/c1-9(2)13(3)11(15)8-14-6-4-5-10(7-14)12(16)17/h9-10H,4-8H2,1-3H3,(H,16,17). The average Bonchev–Trinajstić information content (AvgIpc) is 2.28. The second-order valence-electron chi connectivity index (χ2n) is 5.01. The highest BCUT2D eigenvalue weighted by Crippen LogP contribution is 2.16. The number of rotatable bonds is 4. The molecule has 0 aromatic heterocycles. The first kappa shape index (κ1) is 14.0. The van der Waals surface area contributed by atoms with Crippen LogP contribution in [-0.4, -0.2) is 59.5 Å². The van der Waals surface area contributed by atoms with Crippen LogP contribution < -0.4 is 0 Å². The number of carboxylic acids is 1. The van der Waals surface area contributed by atoms with E-state index < -0.39 is 5.97 Å². The molecule has 0 aromatic carbocycles. The molecule has 98 valence electrons. The molecule has 1 atom stereocenters. The second-order valence-corrected chi connectivity index (χ2v) is 5.01. The number of hydrogen-bond acceptors (Lipinski definition) is 3. The first-order valence-corrected chi connectivity index (χ1v) is 6.12. The van der Waals surface area contributed by atoms with E-state index in [2.05, 4.69) is 0 Å². The normalized spacial score (nSPS) is 21.5. The van der Waals surface area contributed by atoms with Gasteiger partial charge in [-0.2, -0.15) is 0 Å². The van der Waals surface area contributed by atoms with Crippen molar-refractivity contribution >= 4 is 11.9 Å². The number of carboxylic acid groups (broad SMARTS) is 1. The Balaban J connectivity index is 2.46. The molecule has 1 heterocycles. The SMILES string of the molecule is CC(C)N(C)C(=O)CN1CCCC(C(=O)O)C1. The van der Waals surface area contributed by atoms with Crippen LogP contribution in [0, 0.1) is 5.92 Å². The lowest BCUT2D eigenvalue weighted by atomic mass is 9.98. The van der Waals surface area contributed by atoms with Gasteiger partial charge in [-0.15, -0.1) is 0 Å². The fourth-order valence-corrected chi connectivity index (χ4v) is 1.99. The zero-order valence-corrected chi connectivity index (χ0v) is 10.8. The van der Waals surface area contributed by atoms with E-state index in [1.165, 1.54) is 0 Å². The Morgan fingerprint density at radius 1 is 1.47 bits per heavy atom. The number of piperidine rings is 1. The molecule has 0 aliphatic carbocycles. The van der Waals surface area contributed by atoms with Crippen molar-refractivity contribution in [1.82, 2.24) is 9.80 Å². The Labute approximate surface area is 102 Å². The smallest absolute Gasteiger partial charge is 0.307 e. The molecule has 0 aromatic rings. The highest BCUT2D eigenvalue weighted by molar-refractivity contribution is 5.78. The van der Waals surface area contributed by atoms with Gasteiger partial charge in [0, 0.05) is 19.6 Å². The van der Waals surface area contributed by atoms with Gasteiger partial charge in [0.25, 0.3) is 0 Å². The predicted molar refractivity (Wildman–Crippen MR) is 64.7 cm³/mol. The quantitative estimate of drug-likeness (QED) is 0.786. The van der Waals surface area contributed by atoms with Gasteiger partial charge in [0.15, 0.2) is 0 Å². The van der Waals surface area contributed by atoms with Crippen LogP contribution in [0.3, 0.4) is 0 Å². The summed E-state index contributed by atoms with van der Waals surface area (Å²) in [6.07, 6.45) is 1.58. The van der Waals surface area contributed by atoms with Crippen LogP contribution in [-0.2, 0) is 9.59 Å². The van der Waals surface area contributed by atoms with Gasteiger partial charge in [0.2, 0.25) is 5.91 Å². The fourth-order valence-electron chi connectivity index (χ4n) is 1.99. The number of carbonyl (C=O) groups is 2. The summed E-state index contributed by atoms with van der Waals surface area (Å²) in [4.78, 5) is 26.4. The van der Waals surface area contributed by atoms with Crippen molar-refractivity contribution in [2.45, 2.75) is 32.7 Å². The molecule has 17 heavy (non-hydrogen) atoms. The van der Waals surface area contributed by atoms with Crippen LogP contribution in [0.1, 0.15) is 26.7 Å². The van der Waals surface area contributed by atoms with E-state index in [9.17, 15) is 9.59 Å². The molecule has 5 heteroatoms. The van der Waals surface area contributed by atoms with Gasteiger partial charge in [-0.1, -0.05) is 0 Å². The summed E-state index contributed by atoms with van der Waals surface area (Å²) in [7, 11) is 1.78. The summed E-state index contributed by atoms with van der Waals surface area (Å²) in [5.74, 6) is -1.01. The Kier molecular flexibility index (Phi) is 4.93. The maximum atomic E-state index is 11.9. The van der Waals surface area contributed by atoms with E-state index in [0.29, 0.717) is 13.1 Å². The van der Waals surface area contributed by atoms with Crippen molar-refractivity contribution in [1.29, 1.82) is 0 Å². The van der Waals surface area contributed by atoms with Crippen LogP contribution >= 0.6 is 0 Å². The molecular formula is C12H22N2O3. The van der Waals surface area contributed by atoms with Crippen molar-refractivity contribution in [3.05, 3.63) is 0 Å². The third-order valence-corrected chi connectivity index (χ3v) is 3.38. The summed E-state index contributed by atoms with van der Waals surface area (Å²) in [6, 6.07) is 0.183. The van der Waals surface area contributed by atoms with Gasteiger partial charge in [0.05, 0.1) is 12.5 Å². The summed E-state index contributed by atoms with van der Waals surface area (Å²) >= 11 is 0. The second kappa shape index (κ2) is 6.00. The predicted octanol–water partition coefficient (Wildman–Crippen LogP) is 0.650. The third kappa shape index (κ3) is 4.00. The summed E-state index contributed by atoms with van der Waals surface area (Å²) in [5.41, 5.74) is 0. The Morgan fingerprint density at radius 2 is 2.12 bits per heavy atom. The number of likely N-dealkylation sites (tertiary alicyclic amines) is 1. The molecule has 1 unspecified atom stereocenters. The highest BCUT2D eigenvalue weighted by Gasteiger charge is 2.27. The molecule has 1 rings (SSSR count). The average molecular weight is 242 g/mol. The summed E-state index contributed by atoms with van der Waals surface area (Å²) in [6.45, 7) is 5.58. The van der Waals surface area contributed by atoms with Crippen LogP contribution in [0.5, 0.6) is 0 Å². The molecule has 1 saturated heterocycles. The minimum absolute atomic E-state index is 0.0611. The van der Waals surface area contributed by atoms with Crippen LogP contribution in [0.25, 0.3) is 0 Å². The van der Waals surface area contributed by atoms with E-state index in [1.807, 2.05) is 18.7 Å². The first-order valence-electron chi connectivity index (χ1n) is 6.12. The Morgan fingerprint density at radius 3 is 2.65 bits per heavy atom. The molecule has 1 N–H and O–H groups in total. The van der Waals surface area contributed by atoms with Crippen LogP contribution in [0.15, 0.2) is 0 Å². The number of nitrogens with zero attached hydrogens (tertiary/aromatic N) is 2. The molecule has 0 saturated carbocycles. The van der Waals surface area contributed by atoms with Crippen LogP contribution in [0.4, 0.5) is 0 Å². The number of carbonyl (C=O) groups excluding carboxylic acids is 1. The third-order valence-electron chi connectivity index (χ3n) is 3.38. The minimum atomic E-state index is -0.751. The van der Waals surface area contributed by atoms with Crippen molar-refractivity contribution in [2.75, 3.05) is 26.7 Å². The molecule has 0 radical (unpaired) electrons. The van der Waals surface area contributed by atoms with Crippen molar-refractivity contribution in [3.8, 4) is 0 Å². The van der Waals surface area contributed by atoms with Gasteiger partial charge < -0.3 is 10.0 Å². The van der Waals surface area contributed by atoms with E-state index in [-0.39, 0.29) is 17.9 Å². The highest BCUT2D eigenvalue weighted by atomic mass is 16.4. The van der Waals surface area contributed by atoms with Gasteiger partial charge in [-0.3, -0.25) is 14.5 Å². The topological polar surface area (TPSA) is 60.9 Å². The Bertz CT molecular complexity index is 291. The number of likely N-dealkylation sites (N-methyl/N-ethyl adjacent to an activating group) is 1. The molecule has 1 aliphatic rings. The zero-order valence-electron chi connectivity index (χ0n) is 10.8. The van der Waals surface area contributed by atoms with Crippen LogP contribution in [0.2, 0.25) is 0 Å². The van der Waals surface area contributed by atoms with Gasteiger partial charge in [-0.05, 0) is 33.2 Å². The van der Waals surface area contributed by atoms with Crippen molar-refractivity contribution in [2.24, 2.45) is 5.92 Å². The summed E-state index contributed by atoms with van der Waals surface area (Å²) in [5, 5.41) is 8.97. The monoisotopic (exact) mass is 242 g/mol. The lowest BCUT2D eigenvalue weighted by Crippen LogP contribution is -2.46. The number of hydrogen-bond donors (Lipinski definition) is 1.